The van der Waals surface area contributed by atoms with Crippen molar-refractivity contribution in [1.82, 2.24) is 15.1 Å². The van der Waals surface area contributed by atoms with Crippen LogP contribution >= 0.6 is 11.6 Å². The van der Waals surface area contributed by atoms with Crippen LogP contribution in [0.1, 0.15) is 12.8 Å². The van der Waals surface area contributed by atoms with E-state index >= 15 is 0 Å². The van der Waals surface area contributed by atoms with Crippen LogP contribution < -0.4 is 4.90 Å². The fourth-order valence-electron chi connectivity index (χ4n) is 2.39. The zero-order valence-electron chi connectivity index (χ0n) is 10.4. The minimum absolute atomic E-state index is 0.470. The fourth-order valence-corrected chi connectivity index (χ4v) is 2.55. The Bertz CT molecular complexity index is 361. The summed E-state index contributed by atoms with van der Waals surface area (Å²) in [5, 5.41) is 8.14. The van der Waals surface area contributed by atoms with E-state index in [1.54, 1.807) is 6.20 Å². The molecule has 1 aliphatic rings. The van der Waals surface area contributed by atoms with Gasteiger partial charge < -0.3 is 9.80 Å². The Labute approximate surface area is 108 Å². The minimum Gasteiger partial charge on any atom is -0.370 e. The first-order valence-corrected chi connectivity index (χ1v) is 6.41. The van der Waals surface area contributed by atoms with Gasteiger partial charge in [-0.25, -0.2) is 0 Å². The zero-order valence-corrected chi connectivity index (χ0v) is 11.2. The van der Waals surface area contributed by atoms with Crippen LogP contribution in [-0.2, 0) is 0 Å². The van der Waals surface area contributed by atoms with Gasteiger partial charge in [0, 0.05) is 25.7 Å². The summed E-state index contributed by atoms with van der Waals surface area (Å²) >= 11 is 5.85. The van der Waals surface area contributed by atoms with Crippen molar-refractivity contribution < 1.29 is 0 Å². The fraction of sp³-hybridized carbons (Fsp3) is 0.667. The van der Waals surface area contributed by atoms with E-state index in [4.69, 9.17) is 11.6 Å². The molecule has 0 atom stereocenters. The van der Waals surface area contributed by atoms with Crippen LogP contribution in [0, 0.1) is 5.92 Å². The van der Waals surface area contributed by atoms with Gasteiger partial charge in [0.15, 0.2) is 5.15 Å². The van der Waals surface area contributed by atoms with Gasteiger partial charge in [-0.1, -0.05) is 11.6 Å². The molecule has 0 aliphatic carbocycles. The molecule has 0 bridgehead atoms. The van der Waals surface area contributed by atoms with E-state index in [2.05, 4.69) is 34.1 Å². The molecule has 5 heteroatoms. The van der Waals surface area contributed by atoms with E-state index in [0.717, 1.165) is 24.7 Å². The van der Waals surface area contributed by atoms with Gasteiger partial charge in [0.2, 0.25) is 0 Å². The van der Waals surface area contributed by atoms with E-state index in [1.165, 1.54) is 19.4 Å². The molecule has 1 aliphatic heterocycles. The number of anilines is 1. The second-order valence-corrected chi connectivity index (χ2v) is 5.32. The standard InChI is InChI=1S/C12H19ClN4/c1-16(2)9-10-3-5-17(6-4-10)11-7-12(13)15-14-8-11/h7-8,10H,3-6,9H2,1-2H3. The quantitative estimate of drug-likeness (QED) is 0.825. The number of nitrogens with zero attached hydrogens (tertiary/aromatic N) is 4. The molecule has 2 heterocycles. The highest BCUT2D eigenvalue weighted by Gasteiger charge is 2.20. The first kappa shape index (κ1) is 12.6. The Kier molecular flexibility index (Phi) is 4.18. The summed E-state index contributed by atoms with van der Waals surface area (Å²) in [6, 6.07) is 1.89. The maximum absolute atomic E-state index is 5.85. The summed E-state index contributed by atoms with van der Waals surface area (Å²) in [5.41, 5.74) is 1.09. The molecule has 1 fully saturated rings. The van der Waals surface area contributed by atoms with Crippen molar-refractivity contribution in [3.8, 4) is 0 Å². The molecule has 17 heavy (non-hydrogen) atoms. The van der Waals surface area contributed by atoms with Crippen LogP contribution in [0.5, 0.6) is 0 Å². The predicted molar refractivity (Wildman–Crippen MR) is 70.5 cm³/mol. The molecule has 1 saturated heterocycles. The molecule has 0 spiro atoms. The van der Waals surface area contributed by atoms with Gasteiger partial charge in [-0.15, -0.1) is 5.10 Å². The molecule has 1 aromatic heterocycles. The Hall–Kier alpha value is -0.870. The SMILES string of the molecule is CN(C)CC1CCN(c2cnnc(Cl)c2)CC1. The van der Waals surface area contributed by atoms with Gasteiger partial charge in [-0.05, 0) is 32.9 Å². The number of halogens is 1. The molecule has 0 aromatic carbocycles. The van der Waals surface area contributed by atoms with E-state index < -0.39 is 0 Å². The second-order valence-electron chi connectivity index (χ2n) is 4.93. The molecule has 4 nitrogen and oxygen atoms in total. The number of hydrogen-bond acceptors (Lipinski definition) is 4. The van der Waals surface area contributed by atoms with Gasteiger partial charge >= 0.3 is 0 Å². The molecule has 1 aromatic rings. The highest BCUT2D eigenvalue weighted by atomic mass is 35.5. The van der Waals surface area contributed by atoms with Gasteiger partial charge in [-0.2, -0.15) is 5.10 Å². The monoisotopic (exact) mass is 254 g/mol. The maximum atomic E-state index is 5.85. The average molecular weight is 255 g/mol. The molecule has 0 saturated carbocycles. The molecular formula is C12H19ClN4. The Morgan fingerprint density at radius 1 is 1.41 bits per heavy atom. The van der Waals surface area contributed by atoms with Crippen LogP contribution in [0.3, 0.4) is 0 Å². The first-order valence-electron chi connectivity index (χ1n) is 6.03. The van der Waals surface area contributed by atoms with E-state index in [0.29, 0.717) is 5.15 Å². The maximum Gasteiger partial charge on any atom is 0.153 e. The van der Waals surface area contributed by atoms with Crippen molar-refractivity contribution >= 4 is 17.3 Å². The van der Waals surface area contributed by atoms with Gasteiger partial charge in [0.25, 0.3) is 0 Å². The Morgan fingerprint density at radius 2 is 2.12 bits per heavy atom. The van der Waals surface area contributed by atoms with Crippen molar-refractivity contribution in [2.24, 2.45) is 5.92 Å². The summed E-state index contributed by atoms with van der Waals surface area (Å²) in [4.78, 5) is 4.61. The highest BCUT2D eigenvalue weighted by Crippen LogP contribution is 2.24. The zero-order chi connectivity index (χ0) is 12.3. The third kappa shape index (κ3) is 3.54. The van der Waals surface area contributed by atoms with Gasteiger partial charge in [-0.3, -0.25) is 0 Å². The highest BCUT2D eigenvalue weighted by molar-refractivity contribution is 6.29. The van der Waals surface area contributed by atoms with E-state index in [1.807, 2.05) is 6.07 Å². The Morgan fingerprint density at radius 3 is 2.71 bits per heavy atom. The second kappa shape index (κ2) is 5.65. The van der Waals surface area contributed by atoms with Crippen molar-refractivity contribution in [1.29, 1.82) is 0 Å². The van der Waals surface area contributed by atoms with Crippen LogP contribution in [0.4, 0.5) is 5.69 Å². The number of rotatable bonds is 3. The topological polar surface area (TPSA) is 32.3 Å². The van der Waals surface area contributed by atoms with Crippen LogP contribution in [0.2, 0.25) is 5.15 Å². The molecule has 0 N–H and O–H groups in total. The lowest BCUT2D eigenvalue weighted by atomic mass is 9.96. The largest absolute Gasteiger partial charge is 0.370 e. The van der Waals surface area contributed by atoms with E-state index in [9.17, 15) is 0 Å². The molecule has 0 unspecified atom stereocenters. The molecule has 94 valence electrons. The summed E-state index contributed by atoms with van der Waals surface area (Å²) in [5.74, 6) is 0.812. The van der Waals surface area contributed by atoms with Crippen molar-refractivity contribution in [2.75, 3.05) is 38.6 Å². The van der Waals surface area contributed by atoms with E-state index in [-0.39, 0.29) is 0 Å². The third-order valence-corrected chi connectivity index (χ3v) is 3.40. The van der Waals surface area contributed by atoms with Crippen molar-refractivity contribution in [3.63, 3.8) is 0 Å². The third-order valence-electron chi connectivity index (χ3n) is 3.21. The number of hydrogen-bond donors (Lipinski definition) is 0. The number of aromatic nitrogens is 2. The van der Waals surface area contributed by atoms with Crippen molar-refractivity contribution in [3.05, 3.63) is 17.4 Å². The lowest BCUT2D eigenvalue weighted by molar-refractivity contribution is 0.285. The smallest absolute Gasteiger partial charge is 0.153 e. The summed E-state index contributed by atoms with van der Waals surface area (Å²) in [7, 11) is 4.28. The first-order chi connectivity index (χ1) is 8.15. The molecule has 2 rings (SSSR count). The molecule has 0 amide bonds. The normalized spacial score (nSPS) is 17.8. The van der Waals surface area contributed by atoms with Crippen molar-refractivity contribution in [2.45, 2.75) is 12.8 Å². The minimum atomic E-state index is 0.470. The average Bonchev–Trinajstić information content (AvgIpc) is 2.29. The summed E-state index contributed by atoms with van der Waals surface area (Å²) in [6.45, 7) is 3.35. The van der Waals surface area contributed by atoms with Crippen LogP contribution in [0.25, 0.3) is 0 Å². The van der Waals surface area contributed by atoms with Gasteiger partial charge in [0.1, 0.15) is 0 Å². The lowest BCUT2D eigenvalue weighted by Crippen LogP contribution is -2.37. The number of piperidine rings is 1. The molecular weight excluding hydrogens is 236 g/mol. The molecule has 0 radical (unpaired) electrons. The van der Waals surface area contributed by atoms with Gasteiger partial charge in [0.05, 0.1) is 11.9 Å². The predicted octanol–water partition coefficient (Wildman–Crippen LogP) is 1.91. The summed E-state index contributed by atoms with van der Waals surface area (Å²) < 4.78 is 0. The van der Waals surface area contributed by atoms with Crippen LogP contribution in [-0.4, -0.2) is 48.8 Å². The van der Waals surface area contributed by atoms with Crippen LogP contribution in [0.15, 0.2) is 12.3 Å². The summed E-state index contributed by atoms with van der Waals surface area (Å²) in [6.07, 6.45) is 4.26. The Balaban J connectivity index is 1.91. The lowest BCUT2D eigenvalue weighted by Gasteiger charge is -2.34.